The molecular formula is C21H29N5O4. The molecule has 0 radical (unpaired) electrons. The fourth-order valence-electron chi connectivity index (χ4n) is 3.95. The lowest BCUT2D eigenvalue weighted by Gasteiger charge is -2.31. The number of nitrogens with one attached hydrogen (secondary N) is 1. The van der Waals surface area contributed by atoms with Gasteiger partial charge in [-0.25, -0.2) is 9.67 Å². The van der Waals surface area contributed by atoms with E-state index in [4.69, 9.17) is 4.74 Å². The SMILES string of the molecule is CCOC(=O)[C@H]1CCCN(C(=O)CCc2c(C)nn(-c3nc(C)cc(=O)[nH]3)c2C)C1. The van der Waals surface area contributed by atoms with Gasteiger partial charge in [0.25, 0.3) is 5.56 Å². The molecule has 0 unspecified atom stereocenters. The minimum atomic E-state index is -0.238. The first-order chi connectivity index (χ1) is 14.3. The molecule has 1 amide bonds. The maximum atomic E-state index is 12.8. The van der Waals surface area contributed by atoms with Crippen molar-refractivity contribution in [2.45, 2.75) is 53.4 Å². The number of amides is 1. The molecule has 1 fully saturated rings. The summed E-state index contributed by atoms with van der Waals surface area (Å²) < 4.78 is 6.73. The average Bonchev–Trinajstić information content (AvgIpc) is 2.99. The number of piperidine rings is 1. The van der Waals surface area contributed by atoms with E-state index in [1.807, 2.05) is 13.8 Å². The third kappa shape index (κ3) is 4.77. The highest BCUT2D eigenvalue weighted by atomic mass is 16.5. The number of H-pyrrole nitrogens is 1. The first-order valence-corrected chi connectivity index (χ1v) is 10.4. The van der Waals surface area contributed by atoms with Crippen molar-refractivity contribution >= 4 is 11.9 Å². The van der Waals surface area contributed by atoms with Crippen LogP contribution in [0.3, 0.4) is 0 Å². The van der Waals surface area contributed by atoms with Crippen molar-refractivity contribution in [2.24, 2.45) is 5.92 Å². The summed E-state index contributed by atoms with van der Waals surface area (Å²) >= 11 is 0. The van der Waals surface area contributed by atoms with Gasteiger partial charge >= 0.3 is 5.97 Å². The molecule has 0 aliphatic carbocycles. The molecule has 1 aliphatic rings. The second-order valence-corrected chi connectivity index (χ2v) is 7.70. The molecule has 162 valence electrons. The number of likely N-dealkylation sites (tertiary alicyclic amines) is 1. The second-order valence-electron chi connectivity index (χ2n) is 7.70. The quantitative estimate of drug-likeness (QED) is 0.718. The molecule has 3 rings (SSSR count). The van der Waals surface area contributed by atoms with Crippen molar-refractivity contribution in [1.82, 2.24) is 24.6 Å². The number of nitrogens with zero attached hydrogens (tertiary/aromatic N) is 4. The monoisotopic (exact) mass is 415 g/mol. The van der Waals surface area contributed by atoms with Gasteiger partial charge in [0.1, 0.15) is 0 Å². The molecule has 0 spiro atoms. The van der Waals surface area contributed by atoms with Gasteiger partial charge < -0.3 is 9.64 Å². The molecule has 1 atom stereocenters. The summed E-state index contributed by atoms with van der Waals surface area (Å²) in [6.45, 7) is 8.77. The molecule has 1 saturated heterocycles. The third-order valence-corrected chi connectivity index (χ3v) is 5.48. The number of esters is 1. The Labute approximate surface area is 175 Å². The minimum absolute atomic E-state index is 0.0256. The van der Waals surface area contributed by atoms with Crippen LogP contribution < -0.4 is 5.56 Å². The lowest BCUT2D eigenvalue weighted by atomic mass is 9.97. The van der Waals surface area contributed by atoms with Crippen molar-refractivity contribution in [3.05, 3.63) is 39.1 Å². The molecule has 9 nitrogen and oxygen atoms in total. The van der Waals surface area contributed by atoms with Crippen LogP contribution in [0.15, 0.2) is 10.9 Å². The van der Waals surface area contributed by atoms with Crippen molar-refractivity contribution in [2.75, 3.05) is 19.7 Å². The van der Waals surface area contributed by atoms with Crippen molar-refractivity contribution in [3.63, 3.8) is 0 Å². The van der Waals surface area contributed by atoms with Crippen LogP contribution in [0.2, 0.25) is 0 Å². The summed E-state index contributed by atoms with van der Waals surface area (Å²) in [5.41, 5.74) is 2.98. The van der Waals surface area contributed by atoms with Crippen LogP contribution in [0.25, 0.3) is 5.95 Å². The first kappa shape index (κ1) is 21.7. The maximum absolute atomic E-state index is 12.8. The van der Waals surface area contributed by atoms with Gasteiger partial charge in [-0.15, -0.1) is 0 Å². The number of aromatic nitrogens is 4. The second kappa shape index (κ2) is 9.23. The molecule has 9 heteroatoms. The lowest BCUT2D eigenvalue weighted by Crippen LogP contribution is -2.42. The van der Waals surface area contributed by atoms with Crippen LogP contribution in [0.4, 0.5) is 0 Å². The van der Waals surface area contributed by atoms with E-state index >= 15 is 0 Å². The van der Waals surface area contributed by atoms with Gasteiger partial charge in [-0.05, 0) is 52.5 Å². The van der Waals surface area contributed by atoms with E-state index in [2.05, 4.69) is 15.1 Å². The summed E-state index contributed by atoms with van der Waals surface area (Å²) in [5.74, 6) is -0.0650. The molecule has 2 aromatic heterocycles. The highest BCUT2D eigenvalue weighted by Crippen LogP contribution is 2.21. The number of aromatic amines is 1. The van der Waals surface area contributed by atoms with Gasteiger partial charge in [0.05, 0.1) is 18.2 Å². The number of hydrogen-bond donors (Lipinski definition) is 1. The lowest BCUT2D eigenvalue weighted by molar-refractivity contribution is -0.151. The summed E-state index contributed by atoms with van der Waals surface area (Å²) in [6, 6.07) is 1.43. The molecule has 0 bridgehead atoms. The smallest absolute Gasteiger partial charge is 0.310 e. The van der Waals surface area contributed by atoms with Crippen LogP contribution in [-0.4, -0.2) is 56.2 Å². The van der Waals surface area contributed by atoms with Crippen LogP contribution >= 0.6 is 0 Å². The van der Waals surface area contributed by atoms with Gasteiger partial charge in [-0.3, -0.25) is 19.4 Å². The standard InChI is InChI=1S/C21H29N5O4/c1-5-30-20(29)16-7-6-10-25(12-16)19(28)9-8-17-14(3)24-26(15(17)4)21-22-13(2)11-18(27)23-21/h11,16H,5-10,12H2,1-4H3,(H,22,23,27)/t16-/m0/s1. The Morgan fingerprint density at radius 1 is 1.30 bits per heavy atom. The van der Waals surface area contributed by atoms with Crippen molar-refractivity contribution in [3.8, 4) is 5.95 Å². The summed E-state index contributed by atoms with van der Waals surface area (Å²) in [6.07, 6.45) is 2.43. The summed E-state index contributed by atoms with van der Waals surface area (Å²) in [4.78, 5) is 45.4. The molecule has 1 N–H and O–H groups in total. The highest BCUT2D eigenvalue weighted by molar-refractivity contribution is 5.78. The van der Waals surface area contributed by atoms with E-state index in [0.717, 1.165) is 29.8 Å². The number of rotatable bonds is 6. The van der Waals surface area contributed by atoms with E-state index in [-0.39, 0.29) is 23.4 Å². The molecule has 0 saturated carbocycles. The molecular weight excluding hydrogens is 386 g/mol. The zero-order chi connectivity index (χ0) is 21.8. The van der Waals surface area contributed by atoms with Crippen LogP contribution in [0.1, 0.15) is 48.8 Å². The van der Waals surface area contributed by atoms with Crippen molar-refractivity contribution in [1.29, 1.82) is 0 Å². The van der Waals surface area contributed by atoms with Crippen LogP contribution in [-0.2, 0) is 20.7 Å². The number of carbonyl (C=O) groups is 2. The number of aryl methyl sites for hydroxylation is 2. The van der Waals surface area contributed by atoms with E-state index < -0.39 is 0 Å². The Morgan fingerprint density at radius 2 is 2.07 bits per heavy atom. The fraction of sp³-hybridized carbons (Fsp3) is 0.571. The maximum Gasteiger partial charge on any atom is 0.310 e. The van der Waals surface area contributed by atoms with Gasteiger partial charge in [0, 0.05) is 37.0 Å². The Bertz CT molecular complexity index is 994. The third-order valence-electron chi connectivity index (χ3n) is 5.48. The summed E-state index contributed by atoms with van der Waals surface area (Å²) in [5, 5.41) is 4.51. The van der Waals surface area contributed by atoms with Crippen LogP contribution in [0, 0.1) is 26.7 Å². The molecule has 1 aliphatic heterocycles. The van der Waals surface area contributed by atoms with E-state index in [9.17, 15) is 14.4 Å². The fourth-order valence-corrected chi connectivity index (χ4v) is 3.95. The van der Waals surface area contributed by atoms with Gasteiger partial charge in [0.15, 0.2) is 0 Å². The predicted octanol–water partition coefficient (Wildman–Crippen LogP) is 1.62. The van der Waals surface area contributed by atoms with E-state index in [0.29, 0.717) is 44.2 Å². The van der Waals surface area contributed by atoms with E-state index in [1.165, 1.54) is 6.07 Å². The first-order valence-electron chi connectivity index (χ1n) is 10.4. The van der Waals surface area contributed by atoms with Gasteiger partial charge in [0.2, 0.25) is 11.9 Å². The average molecular weight is 415 g/mol. The largest absolute Gasteiger partial charge is 0.466 e. The van der Waals surface area contributed by atoms with Gasteiger partial charge in [-0.2, -0.15) is 5.10 Å². The summed E-state index contributed by atoms with van der Waals surface area (Å²) in [7, 11) is 0. The Kier molecular flexibility index (Phi) is 6.69. The van der Waals surface area contributed by atoms with Gasteiger partial charge in [-0.1, -0.05) is 0 Å². The molecule has 2 aromatic rings. The van der Waals surface area contributed by atoms with Crippen molar-refractivity contribution < 1.29 is 14.3 Å². The van der Waals surface area contributed by atoms with Crippen LogP contribution in [0.5, 0.6) is 0 Å². The molecule has 30 heavy (non-hydrogen) atoms. The number of carbonyl (C=O) groups excluding carboxylic acids is 2. The molecule has 0 aromatic carbocycles. The zero-order valence-electron chi connectivity index (χ0n) is 18.0. The molecule has 3 heterocycles. The topological polar surface area (TPSA) is 110 Å². The minimum Gasteiger partial charge on any atom is -0.466 e. The van der Waals surface area contributed by atoms with E-state index in [1.54, 1.807) is 23.4 Å². The number of ether oxygens (including phenoxy) is 1. The predicted molar refractivity (Wildman–Crippen MR) is 110 cm³/mol. The Balaban J connectivity index is 1.68. The highest BCUT2D eigenvalue weighted by Gasteiger charge is 2.29. The normalized spacial score (nSPS) is 16.5. The number of hydrogen-bond acceptors (Lipinski definition) is 6. The Morgan fingerprint density at radius 3 is 2.77 bits per heavy atom. The zero-order valence-corrected chi connectivity index (χ0v) is 18.0. The Hall–Kier alpha value is -2.97.